The lowest BCUT2D eigenvalue weighted by Gasteiger charge is -2.29. The number of rotatable bonds is 6. The number of hydrogen-bond donors (Lipinski definition) is 1. The predicted octanol–water partition coefficient (Wildman–Crippen LogP) is 2.74. The maximum atomic E-state index is 13.2. The van der Waals surface area contributed by atoms with Crippen molar-refractivity contribution in [1.29, 1.82) is 0 Å². The minimum atomic E-state index is -3.85. The number of nitrogens with zero attached hydrogens (tertiary/aromatic N) is 2. The van der Waals surface area contributed by atoms with Crippen LogP contribution in [0, 0.1) is 5.92 Å². The van der Waals surface area contributed by atoms with Crippen LogP contribution in [-0.2, 0) is 16.6 Å². The van der Waals surface area contributed by atoms with Gasteiger partial charge in [-0.2, -0.15) is 0 Å². The Bertz CT molecular complexity index is 1100. The van der Waals surface area contributed by atoms with Gasteiger partial charge in [0.1, 0.15) is 16.3 Å². The Morgan fingerprint density at radius 2 is 1.94 bits per heavy atom. The van der Waals surface area contributed by atoms with Gasteiger partial charge < -0.3 is 4.74 Å². The Morgan fingerprint density at radius 3 is 2.65 bits per heavy atom. The van der Waals surface area contributed by atoms with Gasteiger partial charge in [-0.15, -0.1) is 0 Å². The van der Waals surface area contributed by atoms with E-state index < -0.39 is 21.8 Å². The number of benzene rings is 1. The number of sulfonamides is 1. The van der Waals surface area contributed by atoms with E-state index in [9.17, 15) is 18.0 Å². The van der Waals surface area contributed by atoms with Crippen molar-refractivity contribution in [3.05, 3.63) is 53.3 Å². The molecule has 0 spiro atoms. The molecule has 0 saturated heterocycles. The highest BCUT2D eigenvalue weighted by atomic mass is 32.2. The van der Waals surface area contributed by atoms with Crippen molar-refractivity contribution in [3.8, 4) is 5.75 Å². The van der Waals surface area contributed by atoms with Gasteiger partial charge in [0.25, 0.3) is 11.8 Å². The van der Waals surface area contributed by atoms with Crippen molar-refractivity contribution >= 4 is 21.8 Å². The molecule has 2 aliphatic rings. The van der Waals surface area contributed by atoms with Crippen LogP contribution in [0.1, 0.15) is 59.0 Å². The SMILES string of the molecule is COc1ccc(CN2C(=O)c3cccnc3C2=O)cc1S(=O)(=O)N[C@@H]1CCCC[C@@H]1C. The van der Waals surface area contributed by atoms with E-state index in [-0.39, 0.29) is 40.4 Å². The first-order valence-corrected chi connectivity index (χ1v) is 11.8. The van der Waals surface area contributed by atoms with Gasteiger partial charge in [-0.25, -0.2) is 13.1 Å². The summed E-state index contributed by atoms with van der Waals surface area (Å²) < 4.78 is 34.5. The van der Waals surface area contributed by atoms with E-state index in [1.54, 1.807) is 24.3 Å². The molecule has 4 rings (SSSR count). The van der Waals surface area contributed by atoms with Gasteiger partial charge in [0.15, 0.2) is 0 Å². The molecule has 1 saturated carbocycles. The summed E-state index contributed by atoms with van der Waals surface area (Å²) in [5, 5.41) is 0. The van der Waals surface area contributed by atoms with Gasteiger partial charge in [0.2, 0.25) is 10.0 Å². The maximum Gasteiger partial charge on any atom is 0.280 e. The van der Waals surface area contributed by atoms with Crippen LogP contribution in [0.2, 0.25) is 0 Å². The molecule has 2 amide bonds. The quantitative estimate of drug-likeness (QED) is 0.688. The first-order chi connectivity index (χ1) is 14.8. The summed E-state index contributed by atoms with van der Waals surface area (Å²) in [4.78, 5) is 30.3. The maximum absolute atomic E-state index is 13.2. The van der Waals surface area contributed by atoms with Crippen molar-refractivity contribution < 1.29 is 22.7 Å². The number of ether oxygens (including phenoxy) is 1. The fourth-order valence-electron chi connectivity index (χ4n) is 4.22. The third-order valence-electron chi connectivity index (χ3n) is 6.01. The number of hydrogen-bond acceptors (Lipinski definition) is 6. The van der Waals surface area contributed by atoms with Crippen LogP contribution < -0.4 is 9.46 Å². The van der Waals surface area contributed by atoms with Crippen LogP contribution in [0.4, 0.5) is 0 Å². The number of amides is 2. The van der Waals surface area contributed by atoms with E-state index >= 15 is 0 Å². The molecular weight excluding hydrogens is 418 g/mol. The standard InChI is InChI=1S/C22H25N3O5S/c1-14-6-3-4-8-17(14)24-31(28,29)19-12-15(9-10-18(19)30-2)13-25-21(26)16-7-5-11-23-20(16)22(25)27/h5,7,9-12,14,17,24H,3-4,6,8,13H2,1-2H3/t14-,17+/m0/s1. The van der Waals surface area contributed by atoms with E-state index in [1.165, 1.54) is 19.4 Å². The van der Waals surface area contributed by atoms with E-state index in [0.717, 1.165) is 30.6 Å². The molecule has 164 valence electrons. The van der Waals surface area contributed by atoms with Crippen LogP contribution >= 0.6 is 0 Å². The van der Waals surface area contributed by atoms with Crippen LogP contribution in [0.15, 0.2) is 41.4 Å². The Kier molecular flexibility index (Phi) is 5.81. The topological polar surface area (TPSA) is 106 Å². The van der Waals surface area contributed by atoms with Crippen LogP contribution in [0.5, 0.6) is 5.75 Å². The highest BCUT2D eigenvalue weighted by molar-refractivity contribution is 7.89. The average Bonchev–Trinajstić information content (AvgIpc) is 3.00. The molecule has 0 bridgehead atoms. The Hall–Kier alpha value is -2.78. The lowest BCUT2D eigenvalue weighted by molar-refractivity contribution is 0.0640. The average molecular weight is 444 g/mol. The monoisotopic (exact) mass is 443 g/mol. The van der Waals surface area contributed by atoms with Gasteiger partial charge in [0.05, 0.1) is 19.2 Å². The van der Waals surface area contributed by atoms with E-state index in [4.69, 9.17) is 4.74 Å². The number of pyridine rings is 1. The molecule has 8 nitrogen and oxygen atoms in total. The van der Waals surface area contributed by atoms with E-state index in [0.29, 0.717) is 5.56 Å². The minimum Gasteiger partial charge on any atom is -0.495 e. The number of carbonyl (C=O) groups excluding carboxylic acids is 2. The molecule has 2 aromatic rings. The van der Waals surface area contributed by atoms with Gasteiger partial charge in [-0.3, -0.25) is 19.5 Å². The second-order valence-electron chi connectivity index (χ2n) is 8.07. The highest BCUT2D eigenvalue weighted by Gasteiger charge is 2.37. The molecule has 1 fully saturated rings. The van der Waals surface area contributed by atoms with Gasteiger partial charge in [0, 0.05) is 12.2 Å². The Labute approximate surface area is 181 Å². The molecule has 1 aliphatic carbocycles. The third-order valence-corrected chi connectivity index (χ3v) is 7.52. The van der Waals surface area contributed by atoms with Gasteiger partial charge >= 0.3 is 0 Å². The zero-order valence-electron chi connectivity index (χ0n) is 17.5. The first kappa shape index (κ1) is 21.5. The fraction of sp³-hybridized carbons (Fsp3) is 0.409. The van der Waals surface area contributed by atoms with Crippen molar-refractivity contribution in [2.45, 2.75) is 50.1 Å². The molecule has 1 aliphatic heterocycles. The summed E-state index contributed by atoms with van der Waals surface area (Å²) in [7, 11) is -2.44. The third kappa shape index (κ3) is 4.07. The number of aromatic nitrogens is 1. The number of methoxy groups -OCH3 is 1. The van der Waals surface area contributed by atoms with Gasteiger partial charge in [-0.05, 0) is 48.6 Å². The molecular formula is C22H25N3O5S. The van der Waals surface area contributed by atoms with Crippen molar-refractivity contribution in [2.24, 2.45) is 5.92 Å². The summed E-state index contributed by atoms with van der Waals surface area (Å²) in [6.45, 7) is 2.00. The molecule has 0 unspecified atom stereocenters. The summed E-state index contributed by atoms with van der Waals surface area (Å²) in [6, 6.07) is 7.69. The largest absolute Gasteiger partial charge is 0.495 e. The number of carbonyl (C=O) groups is 2. The zero-order valence-corrected chi connectivity index (χ0v) is 18.3. The normalized spacial score (nSPS) is 21.3. The minimum absolute atomic E-state index is 0.00000698. The first-order valence-electron chi connectivity index (χ1n) is 10.3. The zero-order chi connectivity index (χ0) is 22.2. The molecule has 0 radical (unpaired) electrons. The molecule has 2 atom stereocenters. The summed E-state index contributed by atoms with van der Waals surface area (Å²) in [5.74, 6) is -0.468. The van der Waals surface area contributed by atoms with Crippen LogP contribution in [0.3, 0.4) is 0 Å². The second kappa shape index (κ2) is 8.39. The fourth-order valence-corrected chi connectivity index (χ4v) is 5.82. The Morgan fingerprint density at radius 1 is 1.16 bits per heavy atom. The predicted molar refractivity (Wildman–Crippen MR) is 113 cm³/mol. The molecule has 1 N–H and O–H groups in total. The smallest absolute Gasteiger partial charge is 0.280 e. The number of imide groups is 1. The molecule has 1 aromatic heterocycles. The summed E-state index contributed by atoms with van der Waals surface area (Å²) in [5.41, 5.74) is 0.871. The summed E-state index contributed by atoms with van der Waals surface area (Å²) in [6.07, 6.45) is 5.34. The Balaban J connectivity index is 1.61. The number of nitrogens with one attached hydrogen (secondary N) is 1. The van der Waals surface area contributed by atoms with E-state index in [2.05, 4.69) is 16.6 Å². The van der Waals surface area contributed by atoms with E-state index in [1.807, 2.05) is 0 Å². The molecule has 1 aromatic carbocycles. The van der Waals surface area contributed by atoms with Crippen molar-refractivity contribution in [2.75, 3.05) is 7.11 Å². The molecule has 9 heteroatoms. The second-order valence-corrected chi connectivity index (χ2v) is 9.75. The van der Waals surface area contributed by atoms with Crippen LogP contribution in [-0.4, -0.2) is 43.3 Å². The van der Waals surface area contributed by atoms with Crippen LogP contribution in [0.25, 0.3) is 0 Å². The van der Waals surface area contributed by atoms with Crippen molar-refractivity contribution in [3.63, 3.8) is 0 Å². The molecule has 2 heterocycles. The van der Waals surface area contributed by atoms with Crippen molar-refractivity contribution in [1.82, 2.24) is 14.6 Å². The lowest BCUT2D eigenvalue weighted by Crippen LogP contribution is -2.41. The van der Waals surface area contributed by atoms with Gasteiger partial charge in [-0.1, -0.05) is 25.8 Å². The number of fused-ring (bicyclic) bond motifs is 1. The lowest BCUT2D eigenvalue weighted by atomic mass is 9.87. The summed E-state index contributed by atoms with van der Waals surface area (Å²) >= 11 is 0. The highest BCUT2D eigenvalue weighted by Crippen LogP contribution is 2.30. The molecule has 31 heavy (non-hydrogen) atoms.